The molecule has 10 heteroatoms. The Balaban J connectivity index is 1.71. The van der Waals surface area contributed by atoms with Crippen molar-refractivity contribution in [1.82, 2.24) is 15.6 Å². The molecule has 184 valence electrons. The number of pyridine rings is 1. The highest BCUT2D eigenvalue weighted by Crippen LogP contribution is 2.29. The van der Waals surface area contributed by atoms with Crippen LogP contribution in [0, 0.1) is 0 Å². The maximum atomic E-state index is 12.9. The molecule has 0 saturated heterocycles. The quantitative estimate of drug-likeness (QED) is 0.371. The molecule has 1 heterocycles. The summed E-state index contributed by atoms with van der Waals surface area (Å²) in [5.41, 5.74) is 6.54. The zero-order valence-corrected chi connectivity index (χ0v) is 18.6. The van der Waals surface area contributed by atoms with Crippen LogP contribution in [-0.4, -0.2) is 34.1 Å². The van der Waals surface area contributed by atoms with Crippen LogP contribution in [0.15, 0.2) is 72.9 Å². The van der Waals surface area contributed by atoms with E-state index in [-0.39, 0.29) is 19.4 Å². The number of hydrogen-bond acceptors (Lipinski definition) is 5. The van der Waals surface area contributed by atoms with Gasteiger partial charge < -0.3 is 21.5 Å². The zero-order chi connectivity index (χ0) is 25.4. The van der Waals surface area contributed by atoms with Gasteiger partial charge in [0.25, 0.3) is 0 Å². The van der Waals surface area contributed by atoms with Crippen molar-refractivity contribution in [3.63, 3.8) is 0 Å². The molecule has 0 radical (unpaired) electrons. The Morgan fingerprint density at radius 2 is 1.51 bits per heavy atom. The Labute approximate surface area is 200 Å². The van der Waals surface area contributed by atoms with Gasteiger partial charge in [-0.25, -0.2) is 4.98 Å². The SMILES string of the molecule is Nc1ccc(CNC(=O)[C@H](Cc2ccc(C(F)(F)F)cc2)NC(=O)C(O)Cc2ccccc2)cn1. The molecule has 1 aromatic heterocycles. The minimum Gasteiger partial charge on any atom is -0.384 e. The highest BCUT2D eigenvalue weighted by atomic mass is 19.4. The Bertz CT molecular complexity index is 1120. The van der Waals surface area contributed by atoms with E-state index in [2.05, 4.69) is 15.6 Å². The second-order valence-electron chi connectivity index (χ2n) is 7.97. The maximum absolute atomic E-state index is 12.9. The van der Waals surface area contributed by atoms with Gasteiger partial charge in [0.1, 0.15) is 18.0 Å². The van der Waals surface area contributed by atoms with E-state index in [1.165, 1.54) is 18.3 Å². The summed E-state index contributed by atoms with van der Waals surface area (Å²) in [6, 6.07) is 15.3. The number of aromatic nitrogens is 1. The van der Waals surface area contributed by atoms with Gasteiger partial charge in [-0.15, -0.1) is 0 Å². The smallest absolute Gasteiger partial charge is 0.384 e. The van der Waals surface area contributed by atoms with Crippen LogP contribution in [0.5, 0.6) is 0 Å². The average molecular weight is 486 g/mol. The number of alkyl halides is 3. The van der Waals surface area contributed by atoms with Gasteiger partial charge in [-0.1, -0.05) is 48.5 Å². The van der Waals surface area contributed by atoms with E-state index in [9.17, 15) is 27.9 Å². The molecule has 0 fully saturated rings. The second-order valence-corrected chi connectivity index (χ2v) is 7.97. The van der Waals surface area contributed by atoms with Crippen molar-refractivity contribution in [2.45, 2.75) is 37.7 Å². The number of nitrogens with one attached hydrogen (secondary N) is 2. The second kappa shape index (κ2) is 11.5. The largest absolute Gasteiger partial charge is 0.416 e. The topological polar surface area (TPSA) is 117 Å². The molecule has 0 bridgehead atoms. The number of hydrogen-bond donors (Lipinski definition) is 4. The summed E-state index contributed by atoms with van der Waals surface area (Å²) < 4.78 is 38.6. The molecule has 3 rings (SSSR count). The van der Waals surface area contributed by atoms with E-state index in [1.54, 1.807) is 42.5 Å². The standard InChI is InChI=1S/C25H25F3N4O3/c26-25(27,28)19-9-6-17(7-10-19)12-20(23(34)31-15-18-8-11-22(29)30-14-18)32-24(35)21(33)13-16-4-2-1-3-5-16/h1-11,14,20-21,33H,12-13,15H2,(H2,29,30)(H,31,34)(H,32,35)/t20-,21?/m0/s1. The average Bonchev–Trinajstić information content (AvgIpc) is 2.83. The first-order valence-electron chi connectivity index (χ1n) is 10.8. The summed E-state index contributed by atoms with van der Waals surface area (Å²) in [7, 11) is 0. The molecular weight excluding hydrogens is 461 g/mol. The fraction of sp³-hybridized carbons (Fsp3) is 0.240. The predicted molar refractivity (Wildman–Crippen MR) is 124 cm³/mol. The Hall–Kier alpha value is -3.92. The molecule has 0 aliphatic heterocycles. The molecule has 35 heavy (non-hydrogen) atoms. The maximum Gasteiger partial charge on any atom is 0.416 e. The van der Waals surface area contributed by atoms with Gasteiger partial charge in [0.15, 0.2) is 0 Å². The van der Waals surface area contributed by atoms with Crippen molar-refractivity contribution in [2.75, 3.05) is 5.73 Å². The molecule has 5 N–H and O–H groups in total. The summed E-state index contributed by atoms with van der Waals surface area (Å²) >= 11 is 0. The van der Waals surface area contributed by atoms with Crippen LogP contribution in [0.3, 0.4) is 0 Å². The number of amides is 2. The number of aliphatic hydroxyl groups excluding tert-OH is 1. The number of carbonyl (C=O) groups excluding carboxylic acids is 2. The summed E-state index contributed by atoms with van der Waals surface area (Å²) in [6.45, 7) is 0.0953. The third-order valence-corrected chi connectivity index (χ3v) is 5.24. The molecule has 0 aliphatic rings. The Morgan fingerprint density at radius 1 is 0.886 bits per heavy atom. The van der Waals surface area contributed by atoms with Crippen LogP contribution < -0.4 is 16.4 Å². The van der Waals surface area contributed by atoms with E-state index in [0.29, 0.717) is 16.9 Å². The van der Waals surface area contributed by atoms with Crippen molar-refractivity contribution in [1.29, 1.82) is 0 Å². The number of aliphatic hydroxyl groups is 1. The van der Waals surface area contributed by atoms with Crippen LogP contribution in [0.2, 0.25) is 0 Å². The number of rotatable bonds is 9. The number of nitrogens with two attached hydrogens (primary N) is 1. The first-order valence-corrected chi connectivity index (χ1v) is 10.8. The van der Waals surface area contributed by atoms with Crippen molar-refractivity contribution in [3.05, 3.63) is 95.2 Å². The van der Waals surface area contributed by atoms with Gasteiger partial charge in [0.05, 0.1) is 5.56 Å². The summed E-state index contributed by atoms with van der Waals surface area (Å²) in [5, 5.41) is 15.5. The molecule has 0 saturated carbocycles. The van der Waals surface area contributed by atoms with E-state index in [1.807, 2.05) is 0 Å². The fourth-order valence-electron chi connectivity index (χ4n) is 3.33. The molecule has 2 atom stereocenters. The lowest BCUT2D eigenvalue weighted by atomic mass is 10.0. The number of halogens is 3. The molecular formula is C25H25F3N4O3. The number of nitrogens with zero attached hydrogens (tertiary/aromatic N) is 1. The van der Waals surface area contributed by atoms with Crippen LogP contribution >= 0.6 is 0 Å². The predicted octanol–water partition coefficient (Wildman–Crippen LogP) is 2.63. The lowest BCUT2D eigenvalue weighted by Gasteiger charge is -2.21. The molecule has 2 amide bonds. The highest BCUT2D eigenvalue weighted by Gasteiger charge is 2.30. The van der Waals surface area contributed by atoms with Crippen molar-refractivity contribution in [2.24, 2.45) is 0 Å². The third kappa shape index (κ3) is 7.82. The fourth-order valence-corrected chi connectivity index (χ4v) is 3.33. The monoisotopic (exact) mass is 486 g/mol. The number of nitrogen functional groups attached to an aromatic ring is 1. The third-order valence-electron chi connectivity index (χ3n) is 5.24. The minimum absolute atomic E-state index is 0.0401. The van der Waals surface area contributed by atoms with E-state index in [4.69, 9.17) is 5.73 Å². The van der Waals surface area contributed by atoms with E-state index >= 15 is 0 Å². The van der Waals surface area contributed by atoms with Gasteiger partial charge in [-0.05, 0) is 34.9 Å². The normalized spacial score (nSPS) is 13.0. The minimum atomic E-state index is -4.49. The summed E-state index contributed by atoms with van der Waals surface area (Å²) in [6.07, 6.45) is -4.45. The molecule has 7 nitrogen and oxygen atoms in total. The molecule has 3 aromatic rings. The van der Waals surface area contributed by atoms with Crippen LogP contribution in [-0.2, 0) is 35.2 Å². The number of benzene rings is 2. The Morgan fingerprint density at radius 3 is 2.11 bits per heavy atom. The molecule has 2 aromatic carbocycles. The molecule has 0 aliphatic carbocycles. The molecule has 1 unspecified atom stereocenters. The first-order chi connectivity index (χ1) is 16.6. The van der Waals surface area contributed by atoms with Crippen molar-refractivity contribution < 1.29 is 27.9 Å². The van der Waals surface area contributed by atoms with Crippen LogP contribution in [0.4, 0.5) is 19.0 Å². The Kier molecular flexibility index (Phi) is 8.43. The van der Waals surface area contributed by atoms with Crippen LogP contribution in [0.1, 0.15) is 22.3 Å². The summed E-state index contributed by atoms with van der Waals surface area (Å²) in [5.74, 6) is -1.02. The van der Waals surface area contributed by atoms with Crippen molar-refractivity contribution in [3.8, 4) is 0 Å². The van der Waals surface area contributed by atoms with Gasteiger partial charge in [-0.2, -0.15) is 13.2 Å². The van der Waals surface area contributed by atoms with Gasteiger partial charge >= 0.3 is 6.18 Å². The first kappa shape index (κ1) is 25.7. The van der Waals surface area contributed by atoms with Gasteiger partial charge in [0, 0.05) is 25.6 Å². The van der Waals surface area contributed by atoms with Crippen molar-refractivity contribution >= 4 is 17.6 Å². The van der Waals surface area contributed by atoms with E-state index < -0.39 is 35.7 Å². The van der Waals surface area contributed by atoms with Gasteiger partial charge in [-0.3, -0.25) is 9.59 Å². The number of anilines is 1. The van der Waals surface area contributed by atoms with E-state index in [0.717, 1.165) is 17.7 Å². The number of carbonyl (C=O) groups is 2. The van der Waals surface area contributed by atoms with Crippen LogP contribution in [0.25, 0.3) is 0 Å². The summed E-state index contributed by atoms with van der Waals surface area (Å²) in [4.78, 5) is 29.5. The molecule has 0 spiro atoms. The highest BCUT2D eigenvalue weighted by molar-refractivity contribution is 5.89. The van der Waals surface area contributed by atoms with Gasteiger partial charge in [0.2, 0.25) is 11.8 Å². The lowest BCUT2D eigenvalue weighted by Crippen LogP contribution is -2.51. The lowest BCUT2D eigenvalue weighted by molar-refractivity contribution is -0.137. The zero-order valence-electron chi connectivity index (χ0n) is 18.6.